The standard InChI is InChI=1S/C14H17BrFN/c1-5-14(9(2)3)17-10(4)11-6-7-13(16)12(15)8-11/h1,6-10,14,17H,2-4H3. The molecule has 92 valence electrons. The lowest BCUT2D eigenvalue weighted by Crippen LogP contribution is -2.34. The fourth-order valence-electron chi connectivity index (χ4n) is 1.58. The summed E-state index contributed by atoms with van der Waals surface area (Å²) in [7, 11) is 0. The second kappa shape index (κ2) is 6.18. The van der Waals surface area contributed by atoms with Gasteiger partial charge in [-0.05, 0) is 46.5 Å². The number of benzene rings is 1. The summed E-state index contributed by atoms with van der Waals surface area (Å²) in [4.78, 5) is 0. The first kappa shape index (κ1) is 14.2. The van der Waals surface area contributed by atoms with E-state index in [1.54, 1.807) is 12.1 Å². The van der Waals surface area contributed by atoms with Crippen LogP contribution in [0.5, 0.6) is 0 Å². The smallest absolute Gasteiger partial charge is 0.137 e. The maximum absolute atomic E-state index is 13.1. The van der Waals surface area contributed by atoms with E-state index in [0.29, 0.717) is 10.4 Å². The molecule has 1 aromatic carbocycles. The van der Waals surface area contributed by atoms with Crippen LogP contribution in [-0.4, -0.2) is 6.04 Å². The minimum atomic E-state index is -0.252. The lowest BCUT2D eigenvalue weighted by molar-refractivity contribution is 0.431. The van der Waals surface area contributed by atoms with E-state index in [1.807, 2.05) is 6.92 Å². The van der Waals surface area contributed by atoms with E-state index in [-0.39, 0.29) is 17.9 Å². The summed E-state index contributed by atoms with van der Waals surface area (Å²) in [5.74, 6) is 2.85. The Hall–Kier alpha value is -0.850. The van der Waals surface area contributed by atoms with Crippen LogP contribution in [-0.2, 0) is 0 Å². The second-order valence-electron chi connectivity index (χ2n) is 4.45. The molecule has 0 saturated heterocycles. The van der Waals surface area contributed by atoms with Crippen molar-refractivity contribution in [2.24, 2.45) is 5.92 Å². The molecule has 2 unspecified atom stereocenters. The molecule has 0 aliphatic carbocycles. The maximum atomic E-state index is 13.1. The quantitative estimate of drug-likeness (QED) is 0.831. The molecule has 3 heteroatoms. The minimum absolute atomic E-state index is 0.0221. The zero-order valence-electron chi connectivity index (χ0n) is 10.3. The highest BCUT2D eigenvalue weighted by Gasteiger charge is 2.15. The Morgan fingerprint density at radius 3 is 2.47 bits per heavy atom. The van der Waals surface area contributed by atoms with Crippen LogP contribution in [0.4, 0.5) is 4.39 Å². The second-order valence-corrected chi connectivity index (χ2v) is 5.30. The Balaban J connectivity index is 2.79. The SMILES string of the molecule is C#CC(NC(C)c1ccc(F)c(Br)c1)C(C)C. The first-order valence-corrected chi connectivity index (χ1v) is 6.42. The molecule has 0 heterocycles. The molecule has 1 nitrogen and oxygen atoms in total. The van der Waals surface area contributed by atoms with Gasteiger partial charge in [0.05, 0.1) is 10.5 Å². The van der Waals surface area contributed by atoms with Gasteiger partial charge in [-0.2, -0.15) is 0 Å². The number of hydrogen-bond donors (Lipinski definition) is 1. The summed E-state index contributed by atoms with van der Waals surface area (Å²) >= 11 is 3.18. The van der Waals surface area contributed by atoms with Crippen LogP contribution in [0, 0.1) is 24.1 Å². The molecule has 0 amide bonds. The van der Waals surface area contributed by atoms with E-state index in [2.05, 4.69) is 41.0 Å². The lowest BCUT2D eigenvalue weighted by Gasteiger charge is -2.22. The highest BCUT2D eigenvalue weighted by atomic mass is 79.9. The molecule has 0 fully saturated rings. The molecule has 0 radical (unpaired) electrons. The maximum Gasteiger partial charge on any atom is 0.137 e. The van der Waals surface area contributed by atoms with Crippen molar-refractivity contribution < 1.29 is 4.39 Å². The van der Waals surface area contributed by atoms with Crippen LogP contribution in [0.25, 0.3) is 0 Å². The van der Waals surface area contributed by atoms with Crippen LogP contribution in [0.1, 0.15) is 32.4 Å². The van der Waals surface area contributed by atoms with E-state index < -0.39 is 0 Å². The van der Waals surface area contributed by atoms with Gasteiger partial charge < -0.3 is 0 Å². The van der Waals surface area contributed by atoms with Crippen molar-refractivity contribution in [1.29, 1.82) is 0 Å². The van der Waals surface area contributed by atoms with Gasteiger partial charge in [0.25, 0.3) is 0 Å². The molecular weight excluding hydrogens is 281 g/mol. The zero-order valence-corrected chi connectivity index (χ0v) is 11.9. The number of hydrogen-bond acceptors (Lipinski definition) is 1. The predicted octanol–water partition coefficient (Wildman–Crippen LogP) is 3.90. The van der Waals surface area contributed by atoms with Crippen LogP contribution in [0.2, 0.25) is 0 Å². The summed E-state index contributed by atoms with van der Waals surface area (Å²) in [6, 6.07) is 5.12. The van der Waals surface area contributed by atoms with Crippen molar-refractivity contribution in [3.05, 3.63) is 34.1 Å². The van der Waals surface area contributed by atoms with Gasteiger partial charge in [0, 0.05) is 6.04 Å². The summed E-state index contributed by atoms with van der Waals surface area (Å²) in [5, 5.41) is 3.35. The van der Waals surface area contributed by atoms with E-state index in [1.165, 1.54) is 6.07 Å². The average Bonchev–Trinajstić information content (AvgIpc) is 2.28. The van der Waals surface area contributed by atoms with E-state index in [4.69, 9.17) is 6.42 Å². The van der Waals surface area contributed by atoms with Gasteiger partial charge in [0.2, 0.25) is 0 Å². The average molecular weight is 298 g/mol. The van der Waals surface area contributed by atoms with Crippen LogP contribution in [0.3, 0.4) is 0 Å². The van der Waals surface area contributed by atoms with Crippen molar-refractivity contribution in [2.45, 2.75) is 32.9 Å². The summed E-state index contributed by atoms with van der Waals surface area (Å²) in [6.07, 6.45) is 5.47. The molecule has 0 aliphatic heterocycles. The normalized spacial score (nSPS) is 14.4. The first-order valence-electron chi connectivity index (χ1n) is 5.62. The highest BCUT2D eigenvalue weighted by Crippen LogP contribution is 2.22. The van der Waals surface area contributed by atoms with Crippen LogP contribution < -0.4 is 5.32 Å². The summed E-state index contributed by atoms with van der Waals surface area (Å²) < 4.78 is 13.6. The molecule has 0 bridgehead atoms. The Kier molecular flexibility index (Phi) is 5.17. The van der Waals surface area contributed by atoms with Crippen molar-refractivity contribution in [2.75, 3.05) is 0 Å². The number of rotatable bonds is 4. The third-order valence-corrected chi connectivity index (χ3v) is 3.33. The molecule has 2 atom stereocenters. The Morgan fingerprint density at radius 1 is 1.35 bits per heavy atom. The molecule has 0 aromatic heterocycles. The number of halogens is 2. The fourth-order valence-corrected chi connectivity index (χ4v) is 1.98. The molecule has 1 N–H and O–H groups in total. The predicted molar refractivity (Wildman–Crippen MR) is 73.1 cm³/mol. The third kappa shape index (κ3) is 3.83. The van der Waals surface area contributed by atoms with E-state index in [9.17, 15) is 4.39 Å². The lowest BCUT2D eigenvalue weighted by atomic mass is 10.0. The molecule has 17 heavy (non-hydrogen) atoms. The number of terminal acetylenes is 1. The van der Waals surface area contributed by atoms with Gasteiger partial charge in [0.1, 0.15) is 5.82 Å². The molecule has 0 spiro atoms. The molecular formula is C14H17BrFN. The minimum Gasteiger partial charge on any atom is -0.297 e. The molecule has 1 aromatic rings. The molecule has 1 rings (SSSR count). The van der Waals surface area contributed by atoms with Gasteiger partial charge >= 0.3 is 0 Å². The van der Waals surface area contributed by atoms with Gasteiger partial charge in [-0.25, -0.2) is 4.39 Å². The number of nitrogens with one attached hydrogen (secondary N) is 1. The fraction of sp³-hybridized carbons (Fsp3) is 0.429. The van der Waals surface area contributed by atoms with Crippen molar-refractivity contribution in [3.63, 3.8) is 0 Å². The third-order valence-electron chi connectivity index (χ3n) is 2.72. The van der Waals surface area contributed by atoms with Crippen molar-refractivity contribution in [1.82, 2.24) is 5.32 Å². The van der Waals surface area contributed by atoms with Crippen LogP contribution in [0.15, 0.2) is 22.7 Å². The van der Waals surface area contributed by atoms with Gasteiger partial charge in [0.15, 0.2) is 0 Å². The highest BCUT2D eigenvalue weighted by molar-refractivity contribution is 9.10. The zero-order chi connectivity index (χ0) is 13.0. The topological polar surface area (TPSA) is 12.0 Å². The van der Waals surface area contributed by atoms with Gasteiger partial charge in [-0.3, -0.25) is 5.32 Å². The Morgan fingerprint density at radius 2 is 2.00 bits per heavy atom. The van der Waals surface area contributed by atoms with E-state index >= 15 is 0 Å². The summed E-state index contributed by atoms with van der Waals surface area (Å²) in [5.41, 5.74) is 1.01. The first-order chi connectivity index (χ1) is 7.95. The van der Waals surface area contributed by atoms with Gasteiger partial charge in [-0.15, -0.1) is 6.42 Å². The summed E-state index contributed by atoms with van der Waals surface area (Å²) in [6.45, 7) is 6.17. The monoisotopic (exact) mass is 297 g/mol. The largest absolute Gasteiger partial charge is 0.297 e. The molecule has 0 saturated carbocycles. The Bertz CT molecular complexity index is 423. The van der Waals surface area contributed by atoms with E-state index in [0.717, 1.165) is 5.56 Å². The van der Waals surface area contributed by atoms with Crippen molar-refractivity contribution >= 4 is 15.9 Å². The molecule has 0 aliphatic rings. The van der Waals surface area contributed by atoms with Gasteiger partial charge in [-0.1, -0.05) is 25.8 Å². The van der Waals surface area contributed by atoms with Crippen LogP contribution >= 0.6 is 15.9 Å². The van der Waals surface area contributed by atoms with Crippen molar-refractivity contribution in [3.8, 4) is 12.3 Å². The Labute approximate surface area is 111 Å².